The van der Waals surface area contributed by atoms with E-state index in [-0.39, 0.29) is 26.4 Å². The lowest BCUT2D eigenvalue weighted by Crippen LogP contribution is -2.61. The van der Waals surface area contributed by atoms with E-state index in [0.29, 0.717) is 17.7 Å². The number of ether oxygens (including phenoxy) is 9. The smallest absolute Gasteiger partial charge is 0.338 e. The van der Waals surface area contributed by atoms with Crippen LogP contribution in [0.2, 0.25) is 0 Å². The summed E-state index contributed by atoms with van der Waals surface area (Å²) in [6.07, 6.45) is -2.98. The van der Waals surface area contributed by atoms with Crippen LogP contribution in [0.15, 0.2) is 164 Å². The molecule has 7 rings (SSSR count). The maximum atomic E-state index is 13.1. The third kappa shape index (κ3) is 11.8. The minimum atomic E-state index is -0.933. The van der Waals surface area contributed by atoms with Crippen LogP contribution in [0.1, 0.15) is 37.4 Å². The zero-order valence-corrected chi connectivity index (χ0v) is 32.7. The van der Waals surface area contributed by atoms with Gasteiger partial charge in [0.25, 0.3) is 0 Å². The fraction of sp³-hybridized carbons (Fsp3) is 0.292. The topological polar surface area (TPSA) is 117 Å². The second kappa shape index (κ2) is 21.5. The summed E-state index contributed by atoms with van der Waals surface area (Å²) in [6, 6.07) is 46.8. The van der Waals surface area contributed by atoms with Gasteiger partial charge in [-0.15, -0.1) is 0 Å². The van der Waals surface area contributed by atoms with E-state index in [0.717, 1.165) is 16.7 Å². The van der Waals surface area contributed by atoms with Crippen molar-refractivity contribution < 1.29 is 52.2 Å². The van der Waals surface area contributed by atoms with Gasteiger partial charge in [0.1, 0.15) is 37.1 Å². The molecule has 5 aromatic carbocycles. The minimum absolute atomic E-state index is 0.0179. The van der Waals surface area contributed by atoms with Crippen molar-refractivity contribution in [2.45, 2.75) is 69.0 Å². The van der Waals surface area contributed by atoms with Gasteiger partial charge >= 0.3 is 11.9 Å². The van der Waals surface area contributed by atoms with Gasteiger partial charge < -0.3 is 42.6 Å². The first-order valence-corrected chi connectivity index (χ1v) is 19.6. The lowest BCUT2D eigenvalue weighted by Gasteiger charge is -2.45. The Morgan fingerprint density at radius 2 is 0.966 bits per heavy atom. The zero-order chi connectivity index (χ0) is 40.7. The Hall–Kier alpha value is -5.50. The van der Waals surface area contributed by atoms with Crippen LogP contribution in [-0.2, 0) is 62.5 Å². The van der Waals surface area contributed by atoms with E-state index < -0.39 is 61.1 Å². The van der Waals surface area contributed by atoms with E-state index in [4.69, 9.17) is 42.6 Å². The van der Waals surface area contributed by atoms with Crippen molar-refractivity contribution in [1.82, 2.24) is 0 Å². The predicted octanol–water partition coefficient (Wildman–Crippen LogP) is 7.49. The van der Waals surface area contributed by atoms with Crippen LogP contribution in [0.3, 0.4) is 0 Å². The second-order valence-electron chi connectivity index (χ2n) is 14.0. The standard InChI is InChI=1S/C48H48O11/c1-51-48-45(55-31-36-21-11-4-12-22-36)44(54-30-35-19-9-3-10-20-35)43(53-29-34-17-7-2-8-18-34)41(59-48)33-52-42-28-27-39(58-47(50)38-25-15-6-16-26-38)40(57-42)32-56-46(49)37-23-13-5-14-24-37/h2-28,39-45,48H,29-33H2,1H3/t39-,40+,41+,42+,43+,44-,45+,48-/m0/s1. The summed E-state index contributed by atoms with van der Waals surface area (Å²) in [5, 5.41) is 0. The van der Waals surface area contributed by atoms with Gasteiger partial charge in [-0.3, -0.25) is 0 Å². The monoisotopic (exact) mass is 800 g/mol. The maximum absolute atomic E-state index is 13.1. The Kier molecular flexibility index (Phi) is 15.2. The van der Waals surface area contributed by atoms with Crippen molar-refractivity contribution >= 4 is 11.9 Å². The molecule has 1 saturated heterocycles. The Morgan fingerprint density at radius 1 is 0.492 bits per heavy atom. The molecule has 306 valence electrons. The molecule has 5 aromatic rings. The van der Waals surface area contributed by atoms with E-state index in [9.17, 15) is 9.59 Å². The van der Waals surface area contributed by atoms with Gasteiger partial charge in [0.15, 0.2) is 18.7 Å². The molecule has 59 heavy (non-hydrogen) atoms. The zero-order valence-electron chi connectivity index (χ0n) is 32.7. The molecule has 0 spiro atoms. The molecule has 0 amide bonds. The number of hydrogen-bond acceptors (Lipinski definition) is 11. The second-order valence-corrected chi connectivity index (χ2v) is 14.0. The highest BCUT2D eigenvalue weighted by Gasteiger charge is 2.49. The van der Waals surface area contributed by atoms with Crippen molar-refractivity contribution in [3.8, 4) is 0 Å². The molecule has 0 aliphatic carbocycles. The number of rotatable bonds is 18. The highest BCUT2D eigenvalue weighted by atomic mass is 16.7. The molecule has 0 unspecified atom stereocenters. The summed E-state index contributed by atoms with van der Waals surface area (Å²) in [7, 11) is 1.56. The summed E-state index contributed by atoms with van der Waals surface area (Å²) >= 11 is 0. The molecule has 0 N–H and O–H groups in total. The molecular weight excluding hydrogens is 753 g/mol. The van der Waals surface area contributed by atoms with Crippen LogP contribution >= 0.6 is 0 Å². The number of esters is 2. The molecule has 8 atom stereocenters. The summed E-state index contributed by atoms with van der Waals surface area (Å²) in [4.78, 5) is 26.0. The molecule has 0 aromatic heterocycles. The highest BCUT2D eigenvalue weighted by Crippen LogP contribution is 2.32. The Balaban J connectivity index is 1.11. The van der Waals surface area contributed by atoms with Crippen LogP contribution in [0, 0.1) is 0 Å². The average Bonchev–Trinajstić information content (AvgIpc) is 3.30. The fourth-order valence-corrected chi connectivity index (χ4v) is 6.80. The lowest BCUT2D eigenvalue weighted by molar-refractivity contribution is -0.327. The number of methoxy groups -OCH3 is 1. The van der Waals surface area contributed by atoms with Gasteiger partial charge in [-0.1, -0.05) is 127 Å². The molecule has 11 heteroatoms. The predicted molar refractivity (Wildman–Crippen MR) is 217 cm³/mol. The number of benzene rings is 5. The van der Waals surface area contributed by atoms with Crippen LogP contribution in [0.4, 0.5) is 0 Å². The van der Waals surface area contributed by atoms with Crippen LogP contribution in [0.5, 0.6) is 0 Å². The van der Waals surface area contributed by atoms with E-state index in [2.05, 4.69) is 0 Å². The average molecular weight is 801 g/mol. The van der Waals surface area contributed by atoms with Crippen molar-refractivity contribution in [1.29, 1.82) is 0 Å². The first-order chi connectivity index (χ1) is 29.0. The van der Waals surface area contributed by atoms with Gasteiger partial charge in [0, 0.05) is 7.11 Å². The van der Waals surface area contributed by atoms with Gasteiger partial charge in [-0.2, -0.15) is 0 Å². The van der Waals surface area contributed by atoms with Crippen molar-refractivity contribution in [2.24, 2.45) is 0 Å². The molecule has 1 fully saturated rings. The van der Waals surface area contributed by atoms with Crippen LogP contribution in [-0.4, -0.2) is 81.5 Å². The summed E-state index contributed by atoms with van der Waals surface area (Å²) in [5.74, 6) is -1.09. The van der Waals surface area contributed by atoms with Gasteiger partial charge in [-0.25, -0.2) is 9.59 Å². The summed E-state index contributed by atoms with van der Waals surface area (Å²) < 4.78 is 56.7. The first kappa shape index (κ1) is 41.7. The molecule has 0 bridgehead atoms. The normalized spacial score (nSPS) is 23.9. The molecule has 2 heterocycles. The van der Waals surface area contributed by atoms with Gasteiger partial charge in [0.05, 0.1) is 37.6 Å². The van der Waals surface area contributed by atoms with E-state index in [1.54, 1.807) is 67.8 Å². The molecule has 0 radical (unpaired) electrons. The van der Waals surface area contributed by atoms with Crippen LogP contribution < -0.4 is 0 Å². The highest BCUT2D eigenvalue weighted by molar-refractivity contribution is 5.90. The number of hydrogen-bond donors (Lipinski definition) is 0. The first-order valence-electron chi connectivity index (χ1n) is 19.6. The number of carbonyl (C=O) groups is 2. The van der Waals surface area contributed by atoms with E-state index >= 15 is 0 Å². The van der Waals surface area contributed by atoms with E-state index in [1.807, 2.05) is 103 Å². The molecule has 2 aliphatic heterocycles. The summed E-state index contributed by atoms with van der Waals surface area (Å²) in [5.41, 5.74) is 3.68. The Morgan fingerprint density at radius 3 is 1.49 bits per heavy atom. The lowest BCUT2D eigenvalue weighted by atomic mass is 9.97. The SMILES string of the molecule is CO[C@H]1O[C@H](CO[C@H]2C=C[C@H](OC(=O)c3ccccc3)[C@@H](COC(=O)c3ccccc3)O2)[C@@H](OCc2ccccc2)[C@H](OCc2ccccc2)[C@H]1OCc1ccccc1. The fourth-order valence-electron chi connectivity index (χ4n) is 6.80. The molecule has 11 nitrogen and oxygen atoms in total. The molecule has 2 aliphatic rings. The van der Waals surface area contributed by atoms with E-state index in [1.165, 1.54) is 0 Å². The third-order valence-corrected chi connectivity index (χ3v) is 9.88. The Labute approximate surface area is 344 Å². The maximum Gasteiger partial charge on any atom is 0.338 e. The largest absolute Gasteiger partial charge is 0.459 e. The van der Waals surface area contributed by atoms with Gasteiger partial charge in [-0.05, 0) is 53.1 Å². The van der Waals surface area contributed by atoms with Gasteiger partial charge in [0.2, 0.25) is 0 Å². The van der Waals surface area contributed by atoms with Crippen molar-refractivity contribution in [2.75, 3.05) is 20.3 Å². The molecular formula is C48H48O11. The minimum Gasteiger partial charge on any atom is -0.459 e. The van der Waals surface area contributed by atoms with Crippen molar-refractivity contribution in [3.63, 3.8) is 0 Å². The van der Waals surface area contributed by atoms with Crippen LogP contribution in [0.25, 0.3) is 0 Å². The quantitative estimate of drug-likeness (QED) is 0.0648. The Bertz CT molecular complexity index is 2030. The molecule has 0 saturated carbocycles. The van der Waals surface area contributed by atoms with Crippen molar-refractivity contribution in [3.05, 3.63) is 192 Å². The summed E-state index contributed by atoms with van der Waals surface area (Å²) in [6.45, 7) is 0.611. The third-order valence-electron chi connectivity index (χ3n) is 9.88. The number of carbonyl (C=O) groups excluding carboxylic acids is 2.